The zero-order valence-electron chi connectivity index (χ0n) is 12.3. The predicted octanol–water partition coefficient (Wildman–Crippen LogP) is 2.87. The van der Waals surface area contributed by atoms with E-state index in [1.807, 2.05) is 32.0 Å². The van der Waals surface area contributed by atoms with Gasteiger partial charge in [0, 0.05) is 16.7 Å². The first-order valence-electron chi connectivity index (χ1n) is 7.40. The Morgan fingerprint density at radius 1 is 1.19 bits per heavy atom. The van der Waals surface area contributed by atoms with Gasteiger partial charge in [0.15, 0.2) is 0 Å². The summed E-state index contributed by atoms with van der Waals surface area (Å²) in [6, 6.07) is 5.12. The molecule has 112 valence electrons. The molecule has 2 amide bonds. The number of piperazine rings is 1. The lowest BCUT2D eigenvalue weighted by molar-refractivity contribution is -0.147. The molecule has 1 aromatic carbocycles. The summed E-state index contributed by atoms with van der Waals surface area (Å²) >= 11 is 3.44. The van der Waals surface area contributed by atoms with Gasteiger partial charge in [-0.05, 0) is 56.9 Å². The number of piperidine rings is 1. The van der Waals surface area contributed by atoms with Crippen molar-refractivity contribution in [3.05, 3.63) is 28.2 Å². The number of carbonyl (C=O) groups excluding carboxylic acids is 2. The minimum absolute atomic E-state index is 0.0622. The van der Waals surface area contributed by atoms with Gasteiger partial charge < -0.3 is 4.90 Å². The standard InChI is InChI=1S/C16H19BrN2O2/c1-10-9-12(17)6-7-13(10)19-11(2)15(20)18-8-4-3-5-14(18)16(19)21/h6-7,9,11,14H,3-5,8H2,1-2H3. The third kappa shape index (κ3) is 2.37. The number of hydrogen-bond donors (Lipinski definition) is 0. The van der Waals surface area contributed by atoms with E-state index >= 15 is 0 Å². The van der Waals surface area contributed by atoms with Crippen LogP contribution in [0, 0.1) is 6.92 Å². The molecule has 3 rings (SSSR count). The summed E-state index contributed by atoms with van der Waals surface area (Å²) in [4.78, 5) is 28.9. The van der Waals surface area contributed by atoms with Crippen LogP contribution in [-0.2, 0) is 9.59 Å². The third-order valence-electron chi connectivity index (χ3n) is 4.47. The molecular formula is C16H19BrN2O2. The molecule has 0 N–H and O–H groups in total. The van der Waals surface area contributed by atoms with Crippen LogP contribution in [0.4, 0.5) is 5.69 Å². The summed E-state index contributed by atoms with van der Waals surface area (Å²) < 4.78 is 0.978. The molecule has 0 bridgehead atoms. The number of halogens is 1. The molecule has 2 aliphatic rings. The van der Waals surface area contributed by atoms with E-state index in [4.69, 9.17) is 0 Å². The van der Waals surface area contributed by atoms with E-state index < -0.39 is 6.04 Å². The van der Waals surface area contributed by atoms with Gasteiger partial charge in [-0.3, -0.25) is 14.5 Å². The third-order valence-corrected chi connectivity index (χ3v) is 4.96. The van der Waals surface area contributed by atoms with E-state index in [1.165, 1.54) is 0 Å². The van der Waals surface area contributed by atoms with Crippen LogP contribution in [0.3, 0.4) is 0 Å². The van der Waals surface area contributed by atoms with Gasteiger partial charge in [0.05, 0.1) is 0 Å². The van der Waals surface area contributed by atoms with Gasteiger partial charge in [0.25, 0.3) is 5.91 Å². The fourth-order valence-electron chi connectivity index (χ4n) is 3.37. The summed E-state index contributed by atoms with van der Waals surface area (Å²) in [7, 11) is 0. The normalized spacial score (nSPS) is 26.0. The van der Waals surface area contributed by atoms with E-state index in [1.54, 1.807) is 9.80 Å². The Hall–Kier alpha value is -1.36. The van der Waals surface area contributed by atoms with Crippen molar-refractivity contribution in [1.82, 2.24) is 4.90 Å². The van der Waals surface area contributed by atoms with Gasteiger partial charge in [-0.25, -0.2) is 0 Å². The molecule has 2 fully saturated rings. The Morgan fingerprint density at radius 2 is 1.95 bits per heavy atom. The van der Waals surface area contributed by atoms with Crippen LogP contribution < -0.4 is 4.90 Å². The van der Waals surface area contributed by atoms with Gasteiger partial charge >= 0.3 is 0 Å². The quantitative estimate of drug-likeness (QED) is 0.781. The largest absolute Gasteiger partial charge is 0.329 e. The zero-order chi connectivity index (χ0) is 15.1. The molecular weight excluding hydrogens is 332 g/mol. The first-order chi connectivity index (χ1) is 10.0. The van der Waals surface area contributed by atoms with Crippen molar-refractivity contribution < 1.29 is 9.59 Å². The number of anilines is 1. The fraction of sp³-hybridized carbons (Fsp3) is 0.500. The first-order valence-corrected chi connectivity index (χ1v) is 8.19. The SMILES string of the molecule is Cc1cc(Br)ccc1N1C(=O)C2CCCCN2C(=O)C1C. The summed E-state index contributed by atoms with van der Waals surface area (Å²) in [5.41, 5.74) is 1.84. The number of aryl methyl sites for hydroxylation is 1. The lowest BCUT2D eigenvalue weighted by atomic mass is 9.95. The molecule has 0 saturated carbocycles. The van der Waals surface area contributed by atoms with Crippen LogP contribution in [0.1, 0.15) is 31.7 Å². The van der Waals surface area contributed by atoms with Crippen LogP contribution in [0.15, 0.2) is 22.7 Å². The van der Waals surface area contributed by atoms with Crippen LogP contribution in [0.25, 0.3) is 0 Å². The highest BCUT2D eigenvalue weighted by Gasteiger charge is 2.45. The molecule has 5 heteroatoms. The first kappa shape index (κ1) is 14.6. The average molecular weight is 351 g/mol. The number of carbonyl (C=O) groups is 2. The zero-order valence-corrected chi connectivity index (χ0v) is 13.9. The minimum atomic E-state index is -0.424. The van der Waals surface area contributed by atoms with Gasteiger partial charge in [0.2, 0.25) is 5.91 Å². The number of benzene rings is 1. The van der Waals surface area contributed by atoms with Gasteiger partial charge in [-0.15, -0.1) is 0 Å². The number of rotatable bonds is 1. The maximum absolute atomic E-state index is 12.9. The number of hydrogen-bond acceptors (Lipinski definition) is 2. The molecule has 4 nitrogen and oxygen atoms in total. The summed E-state index contributed by atoms with van der Waals surface area (Å²) in [6.07, 6.45) is 2.80. The maximum Gasteiger partial charge on any atom is 0.250 e. The minimum Gasteiger partial charge on any atom is -0.329 e. The van der Waals surface area contributed by atoms with Crippen LogP contribution in [0.2, 0.25) is 0 Å². The monoisotopic (exact) mass is 350 g/mol. The molecule has 0 radical (unpaired) electrons. The summed E-state index contributed by atoms with van der Waals surface area (Å²) in [5.74, 6) is 0.133. The summed E-state index contributed by atoms with van der Waals surface area (Å²) in [6.45, 7) is 4.51. The van der Waals surface area contributed by atoms with Crippen molar-refractivity contribution in [2.75, 3.05) is 11.4 Å². The topological polar surface area (TPSA) is 40.6 Å². The molecule has 0 aromatic heterocycles. The predicted molar refractivity (Wildman–Crippen MR) is 85.2 cm³/mol. The van der Waals surface area contributed by atoms with E-state index in [0.717, 1.165) is 35.0 Å². The molecule has 1 aromatic rings. The van der Waals surface area contributed by atoms with Crippen molar-refractivity contribution >= 4 is 33.4 Å². The molecule has 2 heterocycles. The van der Waals surface area contributed by atoms with Gasteiger partial charge in [0.1, 0.15) is 12.1 Å². The van der Waals surface area contributed by atoms with Crippen LogP contribution >= 0.6 is 15.9 Å². The van der Waals surface area contributed by atoms with Crippen molar-refractivity contribution in [2.24, 2.45) is 0 Å². The molecule has 2 aliphatic heterocycles. The lowest BCUT2D eigenvalue weighted by Crippen LogP contribution is -2.65. The molecule has 2 saturated heterocycles. The van der Waals surface area contributed by atoms with E-state index in [0.29, 0.717) is 6.54 Å². The van der Waals surface area contributed by atoms with Crippen LogP contribution in [-0.4, -0.2) is 35.3 Å². The lowest BCUT2D eigenvalue weighted by Gasteiger charge is -2.46. The molecule has 0 spiro atoms. The Balaban J connectivity index is 2.01. The van der Waals surface area contributed by atoms with E-state index in [2.05, 4.69) is 15.9 Å². The fourth-order valence-corrected chi connectivity index (χ4v) is 3.85. The highest BCUT2D eigenvalue weighted by molar-refractivity contribution is 9.10. The maximum atomic E-state index is 12.9. The summed E-state index contributed by atoms with van der Waals surface area (Å²) in [5, 5.41) is 0. The van der Waals surface area contributed by atoms with Crippen molar-refractivity contribution in [2.45, 2.75) is 45.2 Å². The average Bonchev–Trinajstić information content (AvgIpc) is 2.47. The highest BCUT2D eigenvalue weighted by Crippen LogP contribution is 2.32. The Kier molecular flexibility index (Phi) is 3.78. The van der Waals surface area contributed by atoms with Crippen LogP contribution in [0.5, 0.6) is 0 Å². The van der Waals surface area contributed by atoms with E-state index in [-0.39, 0.29) is 17.9 Å². The second kappa shape index (κ2) is 5.44. The number of amides is 2. The molecule has 0 aliphatic carbocycles. The second-order valence-electron chi connectivity index (χ2n) is 5.86. The Morgan fingerprint density at radius 3 is 2.67 bits per heavy atom. The molecule has 21 heavy (non-hydrogen) atoms. The van der Waals surface area contributed by atoms with Crippen molar-refractivity contribution in [3.8, 4) is 0 Å². The van der Waals surface area contributed by atoms with E-state index in [9.17, 15) is 9.59 Å². The molecule has 2 unspecified atom stereocenters. The molecule has 2 atom stereocenters. The smallest absolute Gasteiger partial charge is 0.250 e. The van der Waals surface area contributed by atoms with Gasteiger partial charge in [-0.1, -0.05) is 15.9 Å². The van der Waals surface area contributed by atoms with Gasteiger partial charge in [-0.2, -0.15) is 0 Å². The van der Waals surface area contributed by atoms with Crippen molar-refractivity contribution in [3.63, 3.8) is 0 Å². The second-order valence-corrected chi connectivity index (χ2v) is 6.77. The number of fused-ring (bicyclic) bond motifs is 1. The highest BCUT2D eigenvalue weighted by atomic mass is 79.9. The van der Waals surface area contributed by atoms with Crippen molar-refractivity contribution in [1.29, 1.82) is 0 Å². The Labute approximate surface area is 133 Å². The Bertz CT molecular complexity index is 602. The number of nitrogens with zero attached hydrogens (tertiary/aromatic N) is 2.